The Balaban J connectivity index is 3.48. The molecule has 0 atom stereocenters. The van der Waals surface area contributed by atoms with Crippen molar-refractivity contribution in [2.75, 3.05) is 0 Å². The molecule has 1 aromatic heterocycles. The van der Waals surface area contributed by atoms with E-state index in [0.29, 0.717) is 6.07 Å². The minimum absolute atomic E-state index is 0.359. The van der Waals surface area contributed by atoms with Gasteiger partial charge in [-0.15, -0.1) is 11.6 Å². The molecule has 0 saturated heterocycles. The van der Waals surface area contributed by atoms with Crippen molar-refractivity contribution in [3.8, 4) is 5.88 Å². The Morgan fingerprint density at radius 3 is 2.50 bits per heavy atom. The average molecular weight is 228 g/mol. The number of alkyl halides is 4. The van der Waals surface area contributed by atoms with Crippen LogP contribution in [0.1, 0.15) is 11.1 Å². The van der Waals surface area contributed by atoms with Crippen molar-refractivity contribution in [2.45, 2.75) is 12.1 Å². The highest BCUT2D eigenvalue weighted by molar-refractivity contribution is 6.17. The summed E-state index contributed by atoms with van der Waals surface area (Å²) in [5.74, 6) is -1.38. The largest absolute Gasteiger partial charge is 0.494 e. The smallest absolute Gasteiger partial charge is 0.417 e. The van der Waals surface area contributed by atoms with Crippen LogP contribution >= 0.6 is 11.6 Å². The van der Waals surface area contributed by atoms with Crippen molar-refractivity contribution >= 4 is 11.6 Å². The lowest BCUT2D eigenvalue weighted by Crippen LogP contribution is -2.16. The third kappa shape index (κ3) is 2.01. The van der Waals surface area contributed by atoms with Gasteiger partial charge >= 0.3 is 6.18 Å². The molecule has 2 N–H and O–H groups in total. The summed E-state index contributed by atoms with van der Waals surface area (Å²) in [6.45, 7) is 0. The number of aromatic nitrogens is 1. The van der Waals surface area contributed by atoms with E-state index < -0.39 is 34.6 Å². The molecule has 0 radical (unpaired) electrons. The molecule has 0 fully saturated rings. The van der Waals surface area contributed by atoms with Crippen LogP contribution < -0.4 is 5.56 Å². The molecule has 0 unspecified atom stereocenters. The molecule has 0 aliphatic carbocycles. The first kappa shape index (κ1) is 10.9. The number of aromatic hydroxyl groups is 1. The van der Waals surface area contributed by atoms with Crippen molar-refractivity contribution in [1.82, 2.24) is 4.98 Å². The standard InChI is InChI=1S/C7H5ClF3NO2/c8-2-3-4(7(9,10)11)1-5(13)12-6(3)14/h1H,2H2,(H2,12,13,14). The van der Waals surface area contributed by atoms with Crippen LogP contribution in [-0.4, -0.2) is 10.1 Å². The Labute approximate surface area is 81.1 Å². The molecule has 3 nitrogen and oxygen atoms in total. The van der Waals surface area contributed by atoms with Gasteiger partial charge in [-0.05, 0) is 0 Å². The Hall–Kier alpha value is -1.17. The highest BCUT2D eigenvalue weighted by atomic mass is 35.5. The maximum absolute atomic E-state index is 12.3. The van der Waals surface area contributed by atoms with Crippen LogP contribution in [0.4, 0.5) is 13.2 Å². The zero-order valence-corrected chi connectivity index (χ0v) is 7.41. The summed E-state index contributed by atoms with van der Waals surface area (Å²) in [4.78, 5) is 12.5. The lowest BCUT2D eigenvalue weighted by atomic mass is 10.1. The number of pyridine rings is 1. The zero-order chi connectivity index (χ0) is 10.9. The quantitative estimate of drug-likeness (QED) is 0.720. The second kappa shape index (κ2) is 3.53. The van der Waals surface area contributed by atoms with Crippen molar-refractivity contribution in [1.29, 1.82) is 0 Å². The van der Waals surface area contributed by atoms with E-state index in [0.717, 1.165) is 0 Å². The second-order valence-electron chi connectivity index (χ2n) is 2.51. The Kier molecular flexibility index (Phi) is 2.75. The fraction of sp³-hybridized carbons (Fsp3) is 0.286. The van der Waals surface area contributed by atoms with Gasteiger partial charge in [0.25, 0.3) is 5.56 Å². The number of hydrogen-bond acceptors (Lipinski definition) is 2. The maximum Gasteiger partial charge on any atom is 0.417 e. The number of halogens is 4. The lowest BCUT2D eigenvalue weighted by Gasteiger charge is -2.11. The van der Waals surface area contributed by atoms with Crippen LogP contribution in [0.15, 0.2) is 10.9 Å². The molecular formula is C7H5ClF3NO2. The van der Waals surface area contributed by atoms with Crippen molar-refractivity contribution in [2.24, 2.45) is 0 Å². The summed E-state index contributed by atoms with van der Waals surface area (Å²) in [7, 11) is 0. The molecule has 1 heterocycles. The van der Waals surface area contributed by atoms with Crippen LogP contribution in [0.5, 0.6) is 5.88 Å². The number of hydrogen-bond donors (Lipinski definition) is 2. The van der Waals surface area contributed by atoms with Gasteiger partial charge in [-0.25, -0.2) is 0 Å². The minimum atomic E-state index is -4.70. The lowest BCUT2D eigenvalue weighted by molar-refractivity contribution is -0.138. The average Bonchev–Trinajstić information content (AvgIpc) is 2.01. The summed E-state index contributed by atoms with van der Waals surface area (Å²) in [6, 6.07) is 0.359. The van der Waals surface area contributed by atoms with Crippen LogP contribution in [0.2, 0.25) is 0 Å². The third-order valence-corrected chi connectivity index (χ3v) is 1.83. The molecule has 0 bridgehead atoms. The molecule has 78 valence electrons. The van der Waals surface area contributed by atoms with E-state index in [4.69, 9.17) is 16.7 Å². The van der Waals surface area contributed by atoms with E-state index in [2.05, 4.69) is 0 Å². The molecule has 14 heavy (non-hydrogen) atoms. The molecule has 0 aliphatic heterocycles. The fourth-order valence-electron chi connectivity index (χ4n) is 0.962. The fourth-order valence-corrected chi connectivity index (χ4v) is 1.23. The first-order valence-electron chi connectivity index (χ1n) is 3.44. The van der Waals surface area contributed by atoms with Crippen LogP contribution in [0.25, 0.3) is 0 Å². The molecule has 0 amide bonds. The van der Waals surface area contributed by atoms with Crippen molar-refractivity contribution in [3.63, 3.8) is 0 Å². The number of rotatable bonds is 1. The van der Waals surface area contributed by atoms with Gasteiger partial charge in [0.15, 0.2) is 5.88 Å². The van der Waals surface area contributed by atoms with Gasteiger partial charge in [0.2, 0.25) is 0 Å². The Bertz CT molecular complexity index is 399. The van der Waals surface area contributed by atoms with Crippen molar-refractivity contribution in [3.05, 3.63) is 27.5 Å². The van der Waals surface area contributed by atoms with Gasteiger partial charge in [0, 0.05) is 11.6 Å². The predicted molar refractivity (Wildman–Crippen MR) is 43.3 cm³/mol. The Morgan fingerprint density at radius 1 is 1.50 bits per heavy atom. The molecule has 1 rings (SSSR count). The van der Waals surface area contributed by atoms with Crippen LogP contribution in [0, 0.1) is 0 Å². The van der Waals surface area contributed by atoms with Gasteiger partial charge in [-0.2, -0.15) is 13.2 Å². The van der Waals surface area contributed by atoms with Gasteiger partial charge in [-0.1, -0.05) is 0 Å². The summed E-state index contributed by atoms with van der Waals surface area (Å²) in [5.41, 5.74) is -2.77. The van der Waals surface area contributed by atoms with Gasteiger partial charge < -0.3 is 5.11 Å². The zero-order valence-electron chi connectivity index (χ0n) is 6.65. The normalized spacial score (nSPS) is 11.7. The molecule has 0 spiro atoms. The number of aromatic amines is 1. The molecule has 0 aromatic carbocycles. The van der Waals surface area contributed by atoms with Gasteiger partial charge in [-0.3, -0.25) is 9.78 Å². The van der Waals surface area contributed by atoms with Crippen molar-refractivity contribution < 1.29 is 18.3 Å². The predicted octanol–water partition coefficient (Wildman–Crippen LogP) is 1.84. The monoisotopic (exact) mass is 227 g/mol. The molecule has 1 aromatic rings. The Morgan fingerprint density at radius 2 is 2.07 bits per heavy atom. The summed E-state index contributed by atoms with van der Waals surface area (Å²) in [6.07, 6.45) is -4.70. The molecule has 0 saturated carbocycles. The molecular weight excluding hydrogens is 223 g/mol. The van der Waals surface area contributed by atoms with Crippen LogP contribution in [-0.2, 0) is 12.1 Å². The number of nitrogens with one attached hydrogen (secondary N) is 1. The number of H-pyrrole nitrogens is 1. The molecule has 7 heteroatoms. The van der Waals surface area contributed by atoms with E-state index in [9.17, 15) is 18.0 Å². The first-order chi connectivity index (χ1) is 6.36. The SMILES string of the molecule is O=c1cc(C(F)(F)F)c(CCl)c(O)[nH]1. The molecule has 0 aliphatic rings. The van der Waals surface area contributed by atoms with Crippen LogP contribution in [0.3, 0.4) is 0 Å². The first-order valence-corrected chi connectivity index (χ1v) is 3.98. The summed E-state index contributed by atoms with van der Waals surface area (Å²) in [5, 5.41) is 9.00. The van der Waals surface area contributed by atoms with E-state index in [1.54, 1.807) is 0 Å². The van der Waals surface area contributed by atoms with E-state index in [-0.39, 0.29) is 0 Å². The summed E-state index contributed by atoms with van der Waals surface area (Å²) < 4.78 is 36.8. The topological polar surface area (TPSA) is 53.1 Å². The van der Waals surface area contributed by atoms with E-state index >= 15 is 0 Å². The second-order valence-corrected chi connectivity index (χ2v) is 2.77. The maximum atomic E-state index is 12.3. The highest BCUT2D eigenvalue weighted by Crippen LogP contribution is 2.34. The van der Waals surface area contributed by atoms with E-state index in [1.807, 2.05) is 4.98 Å². The third-order valence-electron chi connectivity index (χ3n) is 1.57. The highest BCUT2D eigenvalue weighted by Gasteiger charge is 2.35. The summed E-state index contributed by atoms with van der Waals surface area (Å²) >= 11 is 5.21. The minimum Gasteiger partial charge on any atom is -0.494 e. The van der Waals surface area contributed by atoms with Gasteiger partial charge in [0.1, 0.15) is 0 Å². The van der Waals surface area contributed by atoms with Gasteiger partial charge in [0.05, 0.1) is 11.4 Å². The van der Waals surface area contributed by atoms with E-state index in [1.165, 1.54) is 0 Å².